The number of hydrogen-bond donors (Lipinski definition) is 2. The quantitative estimate of drug-likeness (QED) is 0.516. The molecule has 2 fully saturated rings. The van der Waals surface area contributed by atoms with Crippen LogP contribution in [-0.2, 0) is 9.53 Å². The van der Waals surface area contributed by atoms with Crippen LogP contribution in [0, 0.1) is 5.92 Å². The van der Waals surface area contributed by atoms with E-state index in [9.17, 15) is 4.79 Å². The van der Waals surface area contributed by atoms with Gasteiger partial charge < -0.3 is 15.4 Å². The molecule has 0 aromatic heterocycles. The molecular formula is C18H32N2O2S2. The van der Waals surface area contributed by atoms with Crippen molar-refractivity contribution in [1.29, 1.82) is 0 Å². The molecule has 2 aliphatic rings. The van der Waals surface area contributed by atoms with E-state index < -0.39 is 0 Å². The van der Waals surface area contributed by atoms with Crippen LogP contribution in [0.15, 0.2) is 12.3 Å². The second-order valence-corrected chi connectivity index (χ2v) is 9.18. The van der Waals surface area contributed by atoms with Gasteiger partial charge in [-0.05, 0) is 36.7 Å². The van der Waals surface area contributed by atoms with Crippen LogP contribution in [0.3, 0.4) is 0 Å². The predicted octanol–water partition coefficient (Wildman–Crippen LogP) is 3.04. The third-order valence-electron chi connectivity index (χ3n) is 4.60. The van der Waals surface area contributed by atoms with Gasteiger partial charge in [-0.3, -0.25) is 4.79 Å². The van der Waals surface area contributed by atoms with E-state index in [4.69, 9.17) is 4.74 Å². The lowest BCUT2D eigenvalue weighted by molar-refractivity contribution is -0.121. The Bertz CT molecular complexity index is 406. The van der Waals surface area contributed by atoms with E-state index in [0.29, 0.717) is 30.9 Å². The lowest BCUT2D eigenvalue weighted by Crippen LogP contribution is -2.32. The van der Waals surface area contributed by atoms with Gasteiger partial charge in [0, 0.05) is 35.7 Å². The molecule has 3 atom stereocenters. The fourth-order valence-corrected chi connectivity index (χ4v) is 5.55. The molecule has 0 aromatic carbocycles. The Morgan fingerprint density at radius 1 is 1.46 bits per heavy atom. The van der Waals surface area contributed by atoms with E-state index in [1.54, 1.807) is 0 Å². The van der Waals surface area contributed by atoms with Crippen LogP contribution in [0.5, 0.6) is 0 Å². The SMILES string of the molecule is C=C1CC2CS[C@@H](CCCCC(=O)NCCOCCSCC)C2N1. The minimum absolute atomic E-state index is 0.158. The van der Waals surface area contributed by atoms with Gasteiger partial charge in [0.15, 0.2) is 0 Å². The van der Waals surface area contributed by atoms with Crippen molar-refractivity contribution < 1.29 is 9.53 Å². The number of amides is 1. The molecule has 2 unspecified atom stereocenters. The van der Waals surface area contributed by atoms with Crippen molar-refractivity contribution >= 4 is 29.4 Å². The van der Waals surface area contributed by atoms with Gasteiger partial charge in [-0.1, -0.05) is 19.9 Å². The number of carbonyl (C=O) groups is 1. The van der Waals surface area contributed by atoms with Crippen LogP contribution in [0.1, 0.15) is 39.0 Å². The summed E-state index contributed by atoms with van der Waals surface area (Å²) < 4.78 is 5.48. The molecule has 6 heteroatoms. The maximum atomic E-state index is 11.8. The van der Waals surface area contributed by atoms with Gasteiger partial charge in [-0.15, -0.1) is 0 Å². The Balaban J connectivity index is 1.43. The number of hydrogen-bond acceptors (Lipinski definition) is 5. The average Bonchev–Trinajstić information content (AvgIpc) is 3.10. The second kappa shape index (κ2) is 11.3. The van der Waals surface area contributed by atoms with Gasteiger partial charge >= 0.3 is 0 Å². The monoisotopic (exact) mass is 372 g/mol. The molecule has 2 heterocycles. The van der Waals surface area contributed by atoms with Crippen LogP contribution in [0.4, 0.5) is 0 Å². The van der Waals surface area contributed by atoms with Crippen LogP contribution < -0.4 is 10.6 Å². The number of thioether (sulfide) groups is 2. The predicted molar refractivity (Wildman–Crippen MR) is 106 cm³/mol. The summed E-state index contributed by atoms with van der Waals surface area (Å²) in [5, 5.41) is 7.20. The van der Waals surface area contributed by atoms with E-state index in [-0.39, 0.29) is 5.91 Å². The van der Waals surface area contributed by atoms with Crippen LogP contribution in [0.2, 0.25) is 0 Å². The highest BCUT2D eigenvalue weighted by Gasteiger charge is 2.40. The first-order valence-electron chi connectivity index (χ1n) is 9.18. The number of carbonyl (C=O) groups excluding carboxylic acids is 1. The smallest absolute Gasteiger partial charge is 0.220 e. The Kier molecular flexibility index (Phi) is 9.43. The van der Waals surface area contributed by atoms with Crippen molar-refractivity contribution in [3.05, 3.63) is 12.3 Å². The molecule has 4 nitrogen and oxygen atoms in total. The van der Waals surface area contributed by atoms with Gasteiger partial charge in [-0.25, -0.2) is 0 Å². The minimum atomic E-state index is 0.158. The Morgan fingerprint density at radius 3 is 3.17 bits per heavy atom. The Labute approximate surface area is 155 Å². The normalized spacial score (nSPS) is 25.5. The van der Waals surface area contributed by atoms with Crippen LogP contribution in [-0.4, -0.2) is 54.2 Å². The fourth-order valence-electron chi connectivity index (χ4n) is 3.38. The van der Waals surface area contributed by atoms with E-state index in [0.717, 1.165) is 43.3 Å². The average molecular weight is 373 g/mol. The number of allylic oxidation sites excluding steroid dienone is 1. The number of fused-ring (bicyclic) bond motifs is 1. The van der Waals surface area contributed by atoms with Crippen molar-refractivity contribution in [2.75, 3.05) is 37.0 Å². The molecule has 138 valence electrons. The molecule has 1 amide bonds. The second-order valence-electron chi connectivity index (χ2n) is 6.51. The Hall–Kier alpha value is -0.330. The molecule has 2 saturated heterocycles. The summed E-state index contributed by atoms with van der Waals surface area (Å²) in [6, 6.07) is 0.624. The highest BCUT2D eigenvalue weighted by atomic mass is 32.2. The van der Waals surface area contributed by atoms with Crippen molar-refractivity contribution in [1.82, 2.24) is 10.6 Å². The van der Waals surface area contributed by atoms with Crippen LogP contribution >= 0.6 is 23.5 Å². The lowest BCUT2D eigenvalue weighted by atomic mass is 9.97. The van der Waals surface area contributed by atoms with E-state index in [1.165, 1.54) is 17.9 Å². The Morgan fingerprint density at radius 2 is 2.33 bits per heavy atom. The highest BCUT2D eigenvalue weighted by Crippen LogP contribution is 2.41. The molecule has 24 heavy (non-hydrogen) atoms. The van der Waals surface area contributed by atoms with Gasteiger partial charge in [0.05, 0.1) is 13.2 Å². The standard InChI is InChI=1S/C18H32N2O2S2/c1-3-23-11-10-22-9-8-19-17(21)7-5-4-6-16-18-15(13-24-16)12-14(2)20-18/h15-16,18,20H,2-13H2,1H3,(H,19,21)/t15?,16-,18?/m0/s1. The third-order valence-corrected chi connectivity index (χ3v) is 7.04. The summed E-state index contributed by atoms with van der Waals surface area (Å²) in [6.07, 6.45) is 5.10. The number of unbranched alkanes of at least 4 members (excludes halogenated alkanes) is 1. The summed E-state index contributed by atoms with van der Waals surface area (Å²) >= 11 is 3.98. The van der Waals surface area contributed by atoms with Gasteiger partial charge in [-0.2, -0.15) is 23.5 Å². The summed E-state index contributed by atoms with van der Waals surface area (Å²) in [7, 11) is 0. The fraction of sp³-hybridized carbons (Fsp3) is 0.833. The zero-order chi connectivity index (χ0) is 17.2. The first-order valence-corrected chi connectivity index (χ1v) is 11.4. The summed E-state index contributed by atoms with van der Waals surface area (Å²) in [6.45, 7) is 8.23. The van der Waals surface area contributed by atoms with Crippen molar-refractivity contribution in [3.8, 4) is 0 Å². The van der Waals surface area contributed by atoms with E-state index in [2.05, 4.69) is 35.9 Å². The van der Waals surface area contributed by atoms with Crippen molar-refractivity contribution in [2.45, 2.75) is 50.3 Å². The van der Waals surface area contributed by atoms with Crippen molar-refractivity contribution in [3.63, 3.8) is 0 Å². The molecule has 2 rings (SSSR count). The number of ether oxygens (including phenoxy) is 1. The maximum Gasteiger partial charge on any atom is 0.220 e. The molecule has 0 radical (unpaired) electrons. The van der Waals surface area contributed by atoms with E-state index in [1.807, 2.05) is 11.8 Å². The molecule has 0 saturated carbocycles. The van der Waals surface area contributed by atoms with Crippen LogP contribution in [0.25, 0.3) is 0 Å². The molecular weight excluding hydrogens is 340 g/mol. The molecule has 2 N–H and O–H groups in total. The molecule has 2 aliphatic heterocycles. The zero-order valence-electron chi connectivity index (χ0n) is 14.9. The number of rotatable bonds is 12. The summed E-state index contributed by atoms with van der Waals surface area (Å²) in [4.78, 5) is 11.8. The highest BCUT2D eigenvalue weighted by molar-refractivity contribution is 8.00. The first-order chi connectivity index (χ1) is 11.7. The topological polar surface area (TPSA) is 50.4 Å². The molecule has 0 spiro atoms. The van der Waals surface area contributed by atoms with E-state index >= 15 is 0 Å². The summed E-state index contributed by atoms with van der Waals surface area (Å²) in [5.41, 5.74) is 1.21. The van der Waals surface area contributed by atoms with Gasteiger partial charge in [0.1, 0.15) is 0 Å². The molecule has 0 aromatic rings. The maximum absolute atomic E-state index is 11.8. The molecule has 0 aliphatic carbocycles. The third kappa shape index (κ3) is 6.89. The van der Waals surface area contributed by atoms with Gasteiger partial charge in [0.25, 0.3) is 0 Å². The van der Waals surface area contributed by atoms with Crippen molar-refractivity contribution in [2.24, 2.45) is 5.92 Å². The zero-order valence-corrected chi connectivity index (χ0v) is 16.5. The van der Waals surface area contributed by atoms with Gasteiger partial charge in [0.2, 0.25) is 5.91 Å². The largest absolute Gasteiger partial charge is 0.385 e. The molecule has 0 bridgehead atoms. The summed E-state index contributed by atoms with van der Waals surface area (Å²) in [5.74, 6) is 4.37. The first kappa shape index (κ1) is 20.0. The lowest BCUT2D eigenvalue weighted by Gasteiger charge is -2.18. The number of nitrogens with one attached hydrogen (secondary N) is 2. The minimum Gasteiger partial charge on any atom is -0.385 e.